The smallest absolute Gasteiger partial charge is 0.426 e. The van der Waals surface area contributed by atoms with Crippen molar-refractivity contribution in [3.05, 3.63) is 113 Å². The summed E-state index contributed by atoms with van der Waals surface area (Å²) in [5.41, 5.74) is -5.24. The van der Waals surface area contributed by atoms with Crippen LogP contribution in [0.15, 0.2) is 83.3 Å². The molecule has 290 valence electrons. The lowest BCUT2D eigenvalue weighted by Gasteiger charge is -2.32. The fourth-order valence-corrected chi connectivity index (χ4v) is 5.95. The minimum atomic E-state index is -5.19. The second-order valence-electron chi connectivity index (χ2n) is 14.1. The van der Waals surface area contributed by atoms with E-state index < -0.39 is 83.0 Å². The van der Waals surface area contributed by atoms with Gasteiger partial charge in [0.15, 0.2) is 5.69 Å². The largest absolute Gasteiger partial charge is 0.444 e. The number of halogens is 6. The zero-order valence-corrected chi connectivity index (χ0v) is 30.1. The van der Waals surface area contributed by atoms with Gasteiger partial charge in [0, 0.05) is 19.5 Å². The van der Waals surface area contributed by atoms with E-state index in [9.17, 15) is 22.8 Å². The number of alkyl halides is 6. The number of hydrogen-bond acceptors (Lipinski definition) is 8. The maximum atomic E-state index is 15.3. The van der Waals surface area contributed by atoms with E-state index in [-0.39, 0.29) is 19.5 Å². The molecule has 1 aliphatic heterocycles. The van der Waals surface area contributed by atoms with E-state index in [1.807, 2.05) is 12.1 Å². The first-order valence-electron chi connectivity index (χ1n) is 17.4. The van der Waals surface area contributed by atoms with Crippen molar-refractivity contribution in [2.45, 2.75) is 83.2 Å². The first-order valence-corrected chi connectivity index (χ1v) is 17.4. The van der Waals surface area contributed by atoms with Crippen LogP contribution in [0.5, 0.6) is 0 Å². The minimum absolute atomic E-state index is 0.0507. The van der Waals surface area contributed by atoms with Crippen molar-refractivity contribution in [2.75, 3.05) is 11.9 Å². The zero-order valence-electron chi connectivity index (χ0n) is 30.1. The Morgan fingerprint density at radius 2 is 1.64 bits per heavy atom. The number of nitrogens with zero attached hydrogens (tertiary/aromatic N) is 4. The molecule has 55 heavy (non-hydrogen) atoms. The van der Waals surface area contributed by atoms with Crippen LogP contribution in [0.2, 0.25) is 0 Å². The van der Waals surface area contributed by atoms with Crippen LogP contribution in [0.4, 0.5) is 36.8 Å². The van der Waals surface area contributed by atoms with Gasteiger partial charge in [-0.05, 0) is 68.4 Å². The Labute approximate surface area is 312 Å². The number of anilines is 1. The van der Waals surface area contributed by atoms with E-state index in [1.54, 1.807) is 42.5 Å². The van der Waals surface area contributed by atoms with E-state index >= 15 is 13.2 Å². The molecule has 0 saturated heterocycles. The quantitative estimate of drug-likeness (QED) is 0.146. The summed E-state index contributed by atoms with van der Waals surface area (Å²) in [5, 5.41) is 9.57. The number of benzene rings is 2. The molecule has 0 radical (unpaired) electrons. The number of carbonyl (C=O) groups is 2. The summed E-state index contributed by atoms with van der Waals surface area (Å²) in [6.45, 7) is 3.65. The van der Waals surface area contributed by atoms with Gasteiger partial charge in [0.25, 0.3) is 17.7 Å². The molecule has 2 aromatic heterocycles. The van der Waals surface area contributed by atoms with Gasteiger partial charge in [-0.1, -0.05) is 72.8 Å². The maximum Gasteiger partial charge on any atom is 0.426 e. The van der Waals surface area contributed by atoms with E-state index in [2.05, 4.69) is 26.6 Å². The summed E-state index contributed by atoms with van der Waals surface area (Å²) in [4.78, 5) is 32.2. The summed E-state index contributed by atoms with van der Waals surface area (Å²) in [5.74, 6) is -3.04. The third kappa shape index (κ3) is 8.90. The summed E-state index contributed by atoms with van der Waals surface area (Å²) >= 11 is 0. The third-order valence-electron chi connectivity index (χ3n) is 8.85. The second kappa shape index (κ2) is 15.3. The lowest BCUT2D eigenvalue weighted by atomic mass is 9.91. The molecule has 4 bridgehead atoms. The van der Waals surface area contributed by atoms with Gasteiger partial charge in [0.2, 0.25) is 5.60 Å². The standard InChI is InChI=1S/C39H37F6N5O5/c1-36(2,3)55-35(52)46-29-21-28(38(40,41)42)30-33(51)50(22-24-15-17-27(18-16-24)26-13-10-14-26)20-9-5-8-19-37(39(43,44)45,53-23-25-11-6-4-7-12-25)34-49-48-32(54-34)31(29)47-30/h4-8,11-13,15-18,21H,9-10,14,19-20,22-23H2,1-3H3,(H,46,52)/b8-5+. The number of nitrogens with one attached hydrogen (secondary N) is 1. The van der Waals surface area contributed by atoms with Crippen molar-refractivity contribution in [1.29, 1.82) is 0 Å². The maximum absolute atomic E-state index is 15.3. The van der Waals surface area contributed by atoms with Gasteiger partial charge in [-0.15, -0.1) is 10.2 Å². The molecule has 16 heteroatoms. The molecule has 10 nitrogen and oxygen atoms in total. The fourth-order valence-electron chi connectivity index (χ4n) is 5.95. The van der Waals surface area contributed by atoms with Crippen molar-refractivity contribution in [1.82, 2.24) is 20.1 Å². The number of hydrogen-bond donors (Lipinski definition) is 1. The highest BCUT2D eigenvalue weighted by Crippen LogP contribution is 2.47. The van der Waals surface area contributed by atoms with E-state index in [1.165, 1.54) is 32.9 Å². The second-order valence-corrected chi connectivity index (χ2v) is 14.1. The molecule has 0 saturated carbocycles. The van der Waals surface area contributed by atoms with Crippen LogP contribution in [0.1, 0.15) is 85.1 Å². The number of ether oxygens (including phenoxy) is 2. The van der Waals surface area contributed by atoms with E-state index in [0.717, 1.165) is 28.9 Å². The predicted octanol–water partition coefficient (Wildman–Crippen LogP) is 9.64. The highest BCUT2D eigenvalue weighted by Gasteiger charge is 2.61. The Morgan fingerprint density at radius 1 is 0.927 bits per heavy atom. The predicted molar refractivity (Wildman–Crippen MR) is 188 cm³/mol. The van der Waals surface area contributed by atoms with Gasteiger partial charge >= 0.3 is 18.4 Å². The lowest BCUT2D eigenvalue weighted by molar-refractivity contribution is -0.295. The molecule has 1 atom stereocenters. The number of amides is 2. The summed E-state index contributed by atoms with van der Waals surface area (Å²) < 4.78 is 107. The van der Waals surface area contributed by atoms with Gasteiger partial charge < -0.3 is 18.8 Å². The molecule has 2 aliphatic rings. The molecule has 0 spiro atoms. The van der Waals surface area contributed by atoms with Gasteiger partial charge in [-0.25, -0.2) is 9.78 Å². The number of aromatic nitrogens is 3. The average Bonchev–Trinajstić information content (AvgIpc) is 3.57. The Kier molecular flexibility index (Phi) is 10.9. The van der Waals surface area contributed by atoms with Crippen molar-refractivity contribution in [3.8, 4) is 11.6 Å². The topological polar surface area (TPSA) is 120 Å². The van der Waals surface area contributed by atoms with Crippen LogP contribution >= 0.6 is 0 Å². The van der Waals surface area contributed by atoms with Crippen LogP contribution in [0.3, 0.4) is 0 Å². The normalized spacial score (nSPS) is 18.5. The molecule has 6 rings (SSSR count). The van der Waals surface area contributed by atoms with Crippen LogP contribution in [-0.4, -0.2) is 50.4 Å². The van der Waals surface area contributed by atoms with E-state index in [4.69, 9.17) is 13.9 Å². The molecule has 1 unspecified atom stereocenters. The Hall–Kier alpha value is -5.51. The van der Waals surface area contributed by atoms with Crippen LogP contribution in [0, 0.1) is 0 Å². The first kappa shape index (κ1) is 39.2. The molecule has 2 amide bonds. The Bertz CT molecular complexity index is 2090. The third-order valence-corrected chi connectivity index (χ3v) is 8.85. The minimum Gasteiger partial charge on any atom is -0.444 e. The van der Waals surface area contributed by atoms with Gasteiger partial charge in [0.1, 0.15) is 11.3 Å². The van der Waals surface area contributed by atoms with Gasteiger partial charge in [-0.2, -0.15) is 26.3 Å². The Morgan fingerprint density at radius 3 is 2.25 bits per heavy atom. The van der Waals surface area contributed by atoms with Gasteiger partial charge in [0.05, 0.1) is 17.9 Å². The summed E-state index contributed by atoms with van der Waals surface area (Å²) in [7, 11) is 0. The van der Waals surface area contributed by atoms with Crippen LogP contribution in [0.25, 0.3) is 17.2 Å². The summed E-state index contributed by atoms with van der Waals surface area (Å²) in [6.07, 6.45) is -5.94. The van der Waals surface area contributed by atoms with Crippen LogP contribution < -0.4 is 5.32 Å². The number of fused-ring (bicyclic) bond motifs is 5. The monoisotopic (exact) mass is 769 g/mol. The SMILES string of the molecule is CC(C)(C)OC(=O)Nc1cc(C(F)(F)F)c2nc1-c1nnc(o1)C(OCc1ccccc1)(C(F)(F)F)C/C=C/CCN(Cc1ccc(C3=CCC3)cc1)C2=O. The van der Waals surface area contributed by atoms with Crippen molar-refractivity contribution < 1.29 is 49.8 Å². The highest BCUT2D eigenvalue weighted by molar-refractivity contribution is 5.97. The van der Waals surface area contributed by atoms with E-state index in [0.29, 0.717) is 17.2 Å². The van der Waals surface area contributed by atoms with Crippen LogP contribution in [-0.2, 0) is 34.4 Å². The zero-order chi connectivity index (χ0) is 39.6. The van der Waals surface area contributed by atoms with Crippen molar-refractivity contribution in [2.24, 2.45) is 0 Å². The van der Waals surface area contributed by atoms with Gasteiger partial charge in [-0.3, -0.25) is 10.1 Å². The molecule has 0 fully saturated rings. The number of allylic oxidation sites excluding steroid dienone is 2. The van der Waals surface area contributed by atoms with Crippen molar-refractivity contribution in [3.63, 3.8) is 0 Å². The summed E-state index contributed by atoms with van der Waals surface area (Å²) in [6, 6.07) is 15.7. The molecule has 2 aromatic carbocycles. The number of pyridine rings is 1. The number of carbonyl (C=O) groups excluding carboxylic acids is 2. The first-order chi connectivity index (χ1) is 25.9. The Balaban J connectivity index is 1.50. The fraction of sp³-hybridized carbons (Fsp3) is 0.359. The molecule has 1 aliphatic carbocycles. The molecule has 3 heterocycles. The lowest BCUT2D eigenvalue weighted by Crippen LogP contribution is -2.45. The average molecular weight is 770 g/mol. The molecular weight excluding hydrogens is 732 g/mol. The molecular formula is C39H37F6N5O5. The highest BCUT2D eigenvalue weighted by atomic mass is 19.4. The van der Waals surface area contributed by atoms with Crippen molar-refractivity contribution >= 4 is 23.3 Å². The molecule has 1 N–H and O–H groups in total. The molecule has 4 aromatic rings. The number of rotatable bonds is 7.